The standard InChI is InChI=1S/C26H35FN4O5/c1-15-12-29(9-8-28-15)21-11-20-23(16(2)24(21)27)25(34)19(13-30(20)17-6-7-17)26(35)36-18(10-22(32)33)14-31(3,4)5/h11,13,15,17-18,28H,6-10,12,14H2,1-5H3/p+1. The van der Waals surface area contributed by atoms with Crippen molar-refractivity contribution in [2.75, 3.05) is 52.2 Å². The van der Waals surface area contributed by atoms with Crippen LogP contribution in [0.5, 0.6) is 0 Å². The van der Waals surface area contributed by atoms with Gasteiger partial charge in [-0.1, -0.05) is 0 Å². The first-order valence-electron chi connectivity index (χ1n) is 12.4. The number of ether oxygens (including phenoxy) is 1. The van der Waals surface area contributed by atoms with E-state index in [2.05, 4.69) is 5.32 Å². The number of pyridine rings is 1. The fourth-order valence-corrected chi connectivity index (χ4v) is 5.00. The number of rotatable bonds is 8. The summed E-state index contributed by atoms with van der Waals surface area (Å²) in [5.41, 5.74) is 0.478. The number of nitrogens with zero attached hydrogens (tertiary/aromatic N) is 3. The van der Waals surface area contributed by atoms with E-state index in [9.17, 15) is 19.5 Å². The smallest absolute Gasteiger partial charge is 0.344 e. The van der Waals surface area contributed by atoms with Crippen LogP contribution in [0.25, 0.3) is 10.9 Å². The van der Waals surface area contributed by atoms with Gasteiger partial charge in [0.05, 0.1) is 44.2 Å². The van der Waals surface area contributed by atoms with Crippen molar-refractivity contribution in [2.24, 2.45) is 0 Å². The molecule has 4 rings (SSSR count). The molecule has 2 aliphatic rings. The molecule has 1 saturated carbocycles. The number of fused-ring (bicyclic) bond motifs is 1. The number of anilines is 1. The maximum atomic E-state index is 15.7. The van der Waals surface area contributed by atoms with Crippen LogP contribution in [0.3, 0.4) is 0 Å². The molecule has 2 N–H and O–H groups in total. The summed E-state index contributed by atoms with van der Waals surface area (Å²) in [6, 6.07) is 2.05. The molecule has 2 aromatic rings. The average molecular weight is 504 g/mol. The lowest BCUT2D eigenvalue weighted by atomic mass is 10.0. The van der Waals surface area contributed by atoms with Crippen molar-refractivity contribution in [2.45, 2.75) is 51.3 Å². The summed E-state index contributed by atoms with van der Waals surface area (Å²) in [6.07, 6.45) is 2.02. The topological polar surface area (TPSA) is 101 Å². The van der Waals surface area contributed by atoms with Crippen LogP contribution in [-0.2, 0) is 9.53 Å². The lowest BCUT2D eigenvalue weighted by Crippen LogP contribution is -2.49. The van der Waals surface area contributed by atoms with Gasteiger partial charge in [-0.25, -0.2) is 9.18 Å². The first-order chi connectivity index (χ1) is 16.9. The molecule has 2 heterocycles. The Morgan fingerprint density at radius 3 is 2.58 bits per heavy atom. The van der Waals surface area contributed by atoms with Crippen LogP contribution < -0.4 is 15.6 Å². The zero-order valence-electron chi connectivity index (χ0n) is 21.6. The number of hydrogen-bond acceptors (Lipinski definition) is 6. The number of hydrogen-bond donors (Lipinski definition) is 2. The van der Waals surface area contributed by atoms with Crippen molar-refractivity contribution in [3.05, 3.63) is 39.4 Å². The number of piperazine rings is 1. The summed E-state index contributed by atoms with van der Waals surface area (Å²) in [5, 5.41) is 12.8. The molecule has 2 fully saturated rings. The first kappa shape index (κ1) is 26.1. The number of carbonyl (C=O) groups excluding carboxylic acids is 1. The van der Waals surface area contributed by atoms with Crippen LogP contribution in [0.4, 0.5) is 10.1 Å². The summed E-state index contributed by atoms with van der Waals surface area (Å²) < 4.78 is 23.5. The number of carbonyl (C=O) groups is 2. The summed E-state index contributed by atoms with van der Waals surface area (Å²) >= 11 is 0. The molecule has 1 aliphatic heterocycles. The number of carboxylic acid groups (broad SMARTS) is 1. The Labute approximate surface area is 210 Å². The van der Waals surface area contributed by atoms with E-state index in [4.69, 9.17) is 4.74 Å². The van der Waals surface area contributed by atoms with E-state index < -0.39 is 29.3 Å². The minimum absolute atomic E-state index is 0.111. The Kier molecular flexibility index (Phi) is 7.12. The van der Waals surface area contributed by atoms with Crippen molar-refractivity contribution >= 4 is 28.5 Å². The predicted molar refractivity (Wildman–Crippen MR) is 135 cm³/mol. The Balaban J connectivity index is 1.79. The van der Waals surface area contributed by atoms with E-state index in [1.807, 2.05) is 37.5 Å². The minimum Gasteiger partial charge on any atom is -0.481 e. The number of quaternary nitrogens is 1. The van der Waals surface area contributed by atoms with Crippen molar-refractivity contribution in [1.82, 2.24) is 9.88 Å². The number of likely N-dealkylation sites (N-methyl/N-ethyl adjacent to an activating group) is 1. The van der Waals surface area contributed by atoms with E-state index >= 15 is 4.39 Å². The van der Waals surface area contributed by atoms with E-state index in [1.165, 1.54) is 6.20 Å². The van der Waals surface area contributed by atoms with Gasteiger partial charge < -0.3 is 29.1 Å². The monoisotopic (exact) mass is 503 g/mol. The van der Waals surface area contributed by atoms with Gasteiger partial charge in [0.15, 0.2) is 6.10 Å². The molecular formula is C26H36FN4O5+. The van der Waals surface area contributed by atoms with Gasteiger partial charge in [0, 0.05) is 43.5 Å². The Bertz CT molecular complexity index is 1250. The molecule has 0 spiro atoms. The lowest BCUT2D eigenvalue weighted by molar-refractivity contribution is -0.873. The van der Waals surface area contributed by atoms with Crippen LogP contribution in [0.15, 0.2) is 17.1 Å². The lowest BCUT2D eigenvalue weighted by Gasteiger charge is -2.34. The molecule has 1 aliphatic carbocycles. The van der Waals surface area contributed by atoms with Crippen LogP contribution in [-0.4, -0.2) is 85.6 Å². The Hall–Kier alpha value is -2.98. The quantitative estimate of drug-likeness (QED) is 0.421. The third-order valence-corrected chi connectivity index (χ3v) is 6.77. The molecule has 36 heavy (non-hydrogen) atoms. The number of aryl methyl sites for hydroxylation is 1. The summed E-state index contributed by atoms with van der Waals surface area (Å²) in [7, 11) is 5.59. The van der Waals surface area contributed by atoms with Crippen LogP contribution in [0, 0.1) is 12.7 Å². The predicted octanol–water partition coefficient (Wildman–Crippen LogP) is 2.29. The second-order valence-electron chi connectivity index (χ2n) is 11.1. The SMILES string of the molecule is Cc1c(F)c(N2CCNC(C)C2)cc2c1c(=O)c(C(=O)OC(CC(=O)O)C[N+](C)(C)C)cn2C1CC1. The Morgan fingerprint density at radius 1 is 1.31 bits per heavy atom. The number of aromatic nitrogens is 1. The fourth-order valence-electron chi connectivity index (χ4n) is 5.00. The number of carboxylic acids is 1. The molecule has 196 valence electrons. The number of halogens is 1. The molecular weight excluding hydrogens is 467 g/mol. The van der Waals surface area contributed by atoms with Gasteiger partial charge >= 0.3 is 11.9 Å². The molecule has 1 aromatic heterocycles. The van der Waals surface area contributed by atoms with E-state index in [-0.39, 0.29) is 41.6 Å². The summed E-state index contributed by atoms with van der Waals surface area (Å²) in [4.78, 5) is 40.1. The van der Waals surface area contributed by atoms with Gasteiger partial charge in [-0.2, -0.15) is 0 Å². The molecule has 1 saturated heterocycles. The molecule has 0 amide bonds. The van der Waals surface area contributed by atoms with Gasteiger partial charge in [-0.15, -0.1) is 0 Å². The normalized spacial score (nSPS) is 19.4. The molecule has 9 nitrogen and oxygen atoms in total. The molecule has 0 bridgehead atoms. The van der Waals surface area contributed by atoms with Crippen molar-refractivity contribution in [3.8, 4) is 0 Å². The van der Waals surface area contributed by atoms with Gasteiger partial charge in [-0.3, -0.25) is 9.59 Å². The highest BCUT2D eigenvalue weighted by Gasteiger charge is 2.32. The second-order valence-corrected chi connectivity index (χ2v) is 11.1. The average Bonchev–Trinajstić information content (AvgIpc) is 3.59. The van der Waals surface area contributed by atoms with Crippen molar-refractivity contribution in [3.63, 3.8) is 0 Å². The maximum absolute atomic E-state index is 15.7. The highest BCUT2D eigenvalue weighted by atomic mass is 19.1. The zero-order valence-corrected chi connectivity index (χ0v) is 21.6. The molecule has 2 atom stereocenters. The maximum Gasteiger partial charge on any atom is 0.344 e. The molecule has 2 unspecified atom stereocenters. The number of nitrogens with one attached hydrogen (secondary N) is 1. The number of esters is 1. The van der Waals surface area contributed by atoms with E-state index in [1.54, 1.807) is 13.0 Å². The summed E-state index contributed by atoms with van der Waals surface area (Å²) in [5.74, 6) is -2.44. The third kappa shape index (κ3) is 5.54. The summed E-state index contributed by atoms with van der Waals surface area (Å²) in [6.45, 7) is 5.93. The highest BCUT2D eigenvalue weighted by Crippen LogP contribution is 2.39. The van der Waals surface area contributed by atoms with E-state index in [0.717, 1.165) is 19.4 Å². The van der Waals surface area contributed by atoms with E-state index in [0.29, 0.717) is 28.8 Å². The van der Waals surface area contributed by atoms with Crippen molar-refractivity contribution < 1.29 is 28.3 Å². The van der Waals surface area contributed by atoms with Crippen LogP contribution in [0.1, 0.15) is 48.1 Å². The third-order valence-electron chi connectivity index (χ3n) is 6.77. The van der Waals surface area contributed by atoms with Gasteiger partial charge in [0.1, 0.15) is 17.9 Å². The van der Waals surface area contributed by atoms with Crippen LogP contribution >= 0.6 is 0 Å². The number of aliphatic carboxylic acids is 1. The van der Waals surface area contributed by atoms with Crippen LogP contribution in [0.2, 0.25) is 0 Å². The molecule has 10 heteroatoms. The Morgan fingerprint density at radius 2 is 2.00 bits per heavy atom. The first-order valence-corrected chi connectivity index (χ1v) is 12.4. The highest BCUT2D eigenvalue weighted by molar-refractivity contribution is 5.96. The minimum atomic E-state index is -1.09. The number of benzene rings is 1. The zero-order chi connectivity index (χ0) is 26.4. The van der Waals surface area contributed by atoms with Gasteiger partial charge in [-0.05, 0) is 32.8 Å². The molecule has 0 radical (unpaired) electrons. The fraction of sp³-hybridized carbons (Fsp3) is 0.577. The largest absolute Gasteiger partial charge is 0.481 e. The van der Waals surface area contributed by atoms with Gasteiger partial charge in [0.2, 0.25) is 5.43 Å². The second kappa shape index (κ2) is 9.82. The van der Waals surface area contributed by atoms with Crippen molar-refractivity contribution in [1.29, 1.82) is 0 Å². The molecule has 1 aromatic carbocycles. The van der Waals surface area contributed by atoms with Gasteiger partial charge in [0.25, 0.3) is 0 Å².